The van der Waals surface area contributed by atoms with Crippen LogP contribution in [0.2, 0.25) is 0 Å². The van der Waals surface area contributed by atoms with Crippen LogP contribution in [0.15, 0.2) is 29.6 Å². The molecule has 0 saturated heterocycles. The van der Waals surface area contributed by atoms with E-state index in [0.717, 1.165) is 30.0 Å². The van der Waals surface area contributed by atoms with E-state index >= 15 is 0 Å². The van der Waals surface area contributed by atoms with E-state index in [2.05, 4.69) is 36.2 Å². The van der Waals surface area contributed by atoms with Gasteiger partial charge in [0.15, 0.2) is 0 Å². The number of benzene rings is 1. The molecule has 4 heteroatoms. The summed E-state index contributed by atoms with van der Waals surface area (Å²) in [6, 6.07) is 8.67. The average molecular weight is 271 g/mol. The fraction of sp³-hybridized carbons (Fsp3) is 0.267. The molecule has 0 radical (unpaired) electrons. The Morgan fingerprint density at radius 3 is 2.95 bits per heavy atom. The number of hydrogen-bond donors (Lipinski definition) is 2. The maximum Gasteiger partial charge on any atom is 0.133 e. The second kappa shape index (κ2) is 4.79. The molecule has 0 bridgehead atoms. The molecule has 98 valence electrons. The van der Waals surface area contributed by atoms with Gasteiger partial charge in [-0.25, -0.2) is 0 Å². The van der Waals surface area contributed by atoms with Crippen LogP contribution in [0.25, 0.3) is 11.1 Å². The minimum absolute atomic E-state index is 0.153. The van der Waals surface area contributed by atoms with Crippen molar-refractivity contribution < 1.29 is 0 Å². The zero-order valence-corrected chi connectivity index (χ0v) is 11.8. The van der Waals surface area contributed by atoms with Crippen LogP contribution in [0.4, 0.5) is 0 Å². The molecule has 3 N–H and O–H groups in total. The predicted octanol–water partition coefficient (Wildman–Crippen LogP) is 2.69. The van der Waals surface area contributed by atoms with Crippen molar-refractivity contribution >= 4 is 17.2 Å². The first kappa shape index (κ1) is 12.4. The van der Waals surface area contributed by atoms with E-state index in [1.165, 1.54) is 28.0 Å². The van der Waals surface area contributed by atoms with Crippen molar-refractivity contribution in [2.75, 3.05) is 13.6 Å². The molecule has 0 saturated carbocycles. The van der Waals surface area contributed by atoms with Crippen LogP contribution in [-0.4, -0.2) is 24.3 Å². The maximum absolute atomic E-state index is 7.64. The van der Waals surface area contributed by atoms with E-state index in [0.29, 0.717) is 0 Å². The Morgan fingerprint density at radius 2 is 2.16 bits per heavy atom. The highest BCUT2D eigenvalue weighted by atomic mass is 32.1. The fourth-order valence-corrected chi connectivity index (χ4v) is 3.39. The first-order chi connectivity index (χ1) is 9.15. The summed E-state index contributed by atoms with van der Waals surface area (Å²) in [6.07, 6.45) is 1.12. The first-order valence-corrected chi connectivity index (χ1v) is 7.25. The SMILES string of the molecule is CN1CCc2ccc(-c3ccsc3C(=N)N)cc2C1. The van der Waals surface area contributed by atoms with Crippen LogP contribution in [0.3, 0.4) is 0 Å². The zero-order chi connectivity index (χ0) is 13.4. The first-order valence-electron chi connectivity index (χ1n) is 6.38. The van der Waals surface area contributed by atoms with Gasteiger partial charge in [-0.05, 0) is 47.7 Å². The summed E-state index contributed by atoms with van der Waals surface area (Å²) in [5, 5.41) is 9.64. The molecular formula is C15H17N3S. The van der Waals surface area contributed by atoms with Gasteiger partial charge in [0.05, 0.1) is 4.88 Å². The normalized spacial score (nSPS) is 15.2. The molecule has 1 aromatic carbocycles. The van der Waals surface area contributed by atoms with Crippen LogP contribution < -0.4 is 5.73 Å². The van der Waals surface area contributed by atoms with Gasteiger partial charge < -0.3 is 10.6 Å². The molecule has 19 heavy (non-hydrogen) atoms. The molecule has 0 aliphatic carbocycles. The van der Waals surface area contributed by atoms with Crippen molar-refractivity contribution in [2.45, 2.75) is 13.0 Å². The predicted molar refractivity (Wildman–Crippen MR) is 80.8 cm³/mol. The molecule has 0 atom stereocenters. The van der Waals surface area contributed by atoms with E-state index in [-0.39, 0.29) is 5.84 Å². The van der Waals surface area contributed by atoms with Gasteiger partial charge in [0.1, 0.15) is 5.84 Å². The lowest BCUT2D eigenvalue weighted by molar-refractivity contribution is 0.313. The van der Waals surface area contributed by atoms with Gasteiger partial charge in [0, 0.05) is 18.7 Å². The molecule has 2 aromatic rings. The number of nitrogens with two attached hydrogens (primary N) is 1. The second-order valence-corrected chi connectivity index (χ2v) is 5.96. The maximum atomic E-state index is 7.64. The van der Waals surface area contributed by atoms with Gasteiger partial charge in [0.25, 0.3) is 0 Å². The molecule has 3 nitrogen and oxygen atoms in total. The number of nitrogens with one attached hydrogen (secondary N) is 1. The molecule has 1 aromatic heterocycles. The van der Waals surface area contributed by atoms with Crippen LogP contribution >= 0.6 is 11.3 Å². The zero-order valence-electron chi connectivity index (χ0n) is 10.9. The number of amidine groups is 1. The Labute approximate surface area is 117 Å². The Kier molecular flexibility index (Phi) is 3.12. The van der Waals surface area contributed by atoms with Crippen LogP contribution in [0.5, 0.6) is 0 Å². The Morgan fingerprint density at radius 1 is 1.32 bits per heavy atom. The van der Waals surface area contributed by atoms with Gasteiger partial charge in [-0.3, -0.25) is 5.41 Å². The van der Waals surface area contributed by atoms with Crippen molar-refractivity contribution in [3.63, 3.8) is 0 Å². The monoisotopic (exact) mass is 271 g/mol. The van der Waals surface area contributed by atoms with Crippen molar-refractivity contribution in [3.05, 3.63) is 45.6 Å². The summed E-state index contributed by atoms with van der Waals surface area (Å²) in [5.41, 5.74) is 10.7. The average Bonchev–Trinajstić information content (AvgIpc) is 2.87. The van der Waals surface area contributed by atoms with Gasteiger partial charge in [-0.15, -0.1) is 11.3 Å². The van der Waals surface area contributed by atoms with Crippen molar-refractivity contribution in [1.29, 1.82) is 5.41 Å². The number of fused-ring (bicyclic) bond motifs is 1. The summed E-state index contributed by atoms with van der Waals surface area (Å²) in [5.74, 6) is 0.153. The molecule has 0 unspecified atom stereocenters. The second-order valence-electron chi connectivity index (χ2n) is 5.05. The fourth-order valence-electron chi connectivity index (χ4n) is 2.61. The molecule has 0 spiro atoms. The summed E-state index contributed by atoms with van der Waals surface area (Å²) >= 11 is 1.53. The third-order valence-electron chi connectivity index (χ3n) is 3.63. The lowest BCUT2D eigenvalue weighted by atomic mass is 9.95. The summed E-state index contributed by atoms with van der Waals surface area (Å²) in [7, 11) is 2.15. The number of nitrogen functional groups attached to an aromatic ring is 1. The molecule has 1 aliphatic rings. The number of nitrogens with zero attached hydrogens (tertiary/aromatic N) is 1. The van der Waals surface area contributed by atoms with E-state index in [9.17, 15) is 0 Å². The van der Waals surface area contributed by atoms with Crippen LogP contribution in [0.1, 0.15) is 16.0 Å². The minimum Gasteiger partial charge on any atom is -0.383 e. The minimum atomic E-state index is 0.153. The highest BCUT2D eigenvalue weighted by Crippen LogP contribution is 2.31. The van der Waals surface area contributed by atoms with E-state index < -0.39 is 0 Å². The topological polar surface area (TPSA) is 53.1 Å². The number of rotatable bonds is 2. The quantitative estimate of drug-likeness (QED) is 0.652. The Bertz CT molecular complexity index is 630. The van der Waals surface area contributed by atoms with Crippen molar-refractivity contribution in [3.8, 4) is 11.1 Å². The third kappa shape index (κ3) is 2.29. The largest absolute Gasteiger partial charge is 0.383 e. The molecule has 2 heterocycles. The standard InChI is InChI=1S/C15H17N3S/c1-18-6-4-10-2-3-11(8-12(10)9-18)13-5-7-19-14(13)15(16)17/h2-3,5,7-8H,4,6,9H2,1H3,(H3,16,17). The highest BCUT2D eigenvalue weighted by Gasteiger charge is 2.15. The van der Waals surface area contributed by atoms with Crippen LogP contribution in [-0.2, 0) is 13.0 Å². The summed E-state index contributed by atoms with van der Waals surface area (Å²) < 4.78 is 0. The summed E-state index contributed by atoms with van der Waals surface area (Å²) in [6.45, 7) is 2.13. The highest BCUT2D eigenvalue weighted by molar-refractivity contribution is 7.12. The lowest BCUT2D eigenvalue weighted by Crippen LogP contribution is -2.26. The third-order valence-corrected chi connectivity index (χ3v) is 4.58. The van der Waals surface area contributed by atoms with Gasteiger partial charge in [-0.2, -0.15) is 0 Å². The Hall–Kier alpha value is -1.65. The van der Waals surface area contributed by atoms with Gasteiger partial charge in [-0.1, -0.05) is 12.1 Å². The Balaban J connectivity index is 2.04. The molecule has 1 aliphatic heterocycles. The van der Waals surface area contributed by atoms with E-state index in [4.69, 9.17) is 11.1 Å². The number of likely N-dealkylation sites (N-methyl/N-ethyl adjacent to an activating group) is 1. The summed E-state index contributed by atoms with van der Waals surface area (Å²) in [4.78, 5) is 3.20. The lowest BCUT2D eigenvalue weighted by Gasteiger charge is -2.25. The smallest absolute Gasteiger partial charge is 0.133 e. The number of thiophene rings is 1. The molecule has 0 fully saturated rings. The number of hydrogen-bond acceptors (Lipinski definition) is 3. The molecule has 3 rings (SSSR count). The van der Waals surface area contributed by atoms with Gasteiger partial charge in [0.2, 0.25) is 0 Å². The molecular weight excluding hydrogens is 254 g/mol. The van der Waals surface area contributed by atoms with E-state index in [1.807, 2.05) is 5.38 Å². The van der Waals surface area contributed by atoms with Gasteiger partial charge >= 0.3 is 0 Å². The van der Waals surface area contributed by atoms with Crippen molar-refractivity contribution in [1.82, 2.24) is 4.90 Å². The van der Waals surface area contributed by atoms with Crippen molar-refractivity contribution in [2.24, 2.45) is 5.73 Å². The van der Waals surface area contributed by atoms with E-state index in [1.54, 1.807) is 0 Å². The molecule has 0 amide bonds. The van der Waals surface area contributed by atoms with Crippen LogP contribution in [0, 0.1) is 5.41 Å².